The number of aromatic nitrogens is 2. The second-order valence-electron chi connectivity index (χ2n) is 8.12. The molecule has 1 amide bonds. The highest BCUT2D eigenvalue weighted by molar-refractivity contribution is 5.90. The molecule has 8 heteroatoms. The lowest BCUT2D eigenvalue weighted by atomic mass is 9.68. The Morgan fingerprint density at radius 2 is 1.93 bits per heavy atom. The van der Waals surface area contributed by atoms with Crippen molar-refractivity contribution in [2.75, 3.05) is 36.5 Å². The third-order valence-corrected chi connectivity index (χ3v) is 6.15. The summed E-state index contributed by atoms with van der Waals surface area (Å²) in [6, 6.07) is 8.49. The maximum Gasteiger partial charge on any atom is 0.267 e. The molecule has 0 radical (unpaired) electrons. The molecular formula is C21H24N4O4. The summed E-state index contributed by atoms with van der Waals surface area (Å²) in [7, 11) is 0. The molecule has 5 rings (SSSR count). The van der Waals surface area contributed by atoms with Crippen molar-refractivity contribution in [2.24, 2.45) is 5.41 Å². The second-order valence-corrected chi connectivity index (χ2v) is 8.12. The summed E-state index contributed by atoms with van der Waals surface area (Å²) < 4.78 is 12.3. The Morgan fingerprint density at radius 3 is 2.69 bits per heavy atom. The molecule has 1 saturated carbocycles. The number of hydrogen-bond donors (Lipinski definition) is 1. The Hall–Kier alpha value is -3.03. The monoisotopic (exact) mass is 396 g/mol. The highest BCUT2D eigenvalue weighted by Gasteiger charge is 2.43. The van der Waals surface area contributed by atoms with Crippen LogP contribution in [0.1, 0.15) is 25.7 Å². The van der Waals surface area contributed by atoms with Crippen molar-refractivity contribution in [1.82, 2.24) is 9.78 Å². The topological polar surface area (TPSA) is 85.7 Å². The van der Waals surface area contributed by atoms with Gasteiger partial charge in [0.15, 0.2) is 11.5 Å². The molecule has 152 valence electrons. The van der Waals surface area contributed by atoms with E-state index in [9.17, 15) is 9.59 Å². The van der Waals surface area contributed by atoms with E-state index in [2.05, 4.69) is 15.3 Å². The molecule has 1 aromatic heterocycles. The fourth-order valence-corrected chi connectivity index (χ4v) is 4.39. The number of rotatable bonds is 4. The van der Waals surface area contributed by atoms with E-state index in [0.29, 0.717) is 35.8 Å². The van der Waals surface area contributed by atoms with Crippen LogP contribution in [0.3, 0.4) is 0 Å². The van der Waals surface area contributed by atoms with Crippen LogP contribution < -0.4 is 25.2 Å². The second kappa shape index (κ2) is 7.09. The van der Waals surface area contributed by atoms with Crippen molar-refractivity contribution in [3.05, 3.63) is 40.7 Å². The number of nitrogens with zero attached hydrogens (tertiary/aromatic N) is 3. The highest BCUT2D eigenvalue weighted by atomic mass is 16.6. The Morgan fingerprint density at radius 1 is 1.10 bits per heavy atom. The van der Waals surface area contributed by atoms with Gasteiger partial charge in [-0.25, -0.2) is 4.68 Å². The Bertz CT molecular complexity index is 998. The average Bonchev–Trinajstić information content (AvgIpc) is 3.16. The van der Waals surface area contributed by atoms with E-state index in [4.69, 9.17) is 9.47 Å². The minimum atomic E-state index is -0.315. The van der Waals surface area contributed by atoms with Gasteiger partial charge in [-0.05, 0) is 42.9 Å². The Labute approximate surface area is 168 Å². The van der Waals surface area contributed by atoms with Gasteiger partial charge in [0.25, 0.3) is 5.56 Å². The third-order valence-electron chi connectivity index (χ3n) is 6.15. The first kappa shape index (κ1) is 18.0. The lowest BCUT2D eigenvalue weighted by molar-refractivity contribution is -0.117. The van der Waals surface area contributed by atoms with Crippen LogP contribution in [0.25, 0.3) is 0 Å². The first-order valence-electron chi connectivity index (χ1n) is 10.1. The lowest BCUT2D eigenvalue weighted by Gasteiger charge is -2.38. The summed E-state index contributed by atoms with van der Waals surface area (Å²) in [5, 5.41) is 7.25. The molecule has 1 aliphatic carbocycles. The predicted octanol–water partition coefficient (Wildman–Crippen LogP) is 2.03. The van der Waals surface area contributed by atoms with E-state index in [0.717, 1.165) is 18.9 Å². The van der Waals surface area contributed by atoms with E-state index in [1.54, 1.807) is 24.3 Å². The molecular weight excluding hydrogens is 372 g/mol. The van der Waals surface area contributed by atoms with Crippen LogP contribution in [0.5, 0.6) is 11.5 Å². The van der Waals surface area contributed by atoms with Crippen molar-refractivity contribution in [1.29, 1.82) is 0 Å². The Kier molecular flexibility index (Phi) is 4.41. The summed E-state index contributed by atoms with van der Waals surface area (Å²) in [5.74, 6) is 1.71. The molecule has 2 fully saturated rings. The normalized spacial score (nSPS) is 19.1. The zero-order valence-corrected chi connectivity index (χ0v) is 16.2. The van der Waals surface area contributed by atoms with Gasteiger partial charge in [0.05, 0.1) is 0 Å². The number of hydrogen-bond acceptors (Lipinski definition) is 6. The summed E-state index contributed by atoms with van der Waals surface area (Å²) >= 11 is 0. The minimum Gasteiger partial charge on any atom is -0.486 e. The first-order chi connectivity index (χ1) is 14.1. The summed E-state index contributed by atoms with van der Waals surface area (Å²) in [5.41, 5.74) is 0.747. The lowest BCUT2D eigenvalue weighted by Crippen LogP contribution is -2.35. The van der Waals surface area contributed by atoms with Crippen LogP contribution in [-0.2, 0) is 11.3 Å². The SMILES string of the molecule is O=C(Cn1nc(N2CCC3(CCC3)C2)ccc1=O)Nc1ccc2c(c1)OCCO2. The number of benzene rings is 1. The summed E-state index contributed by atoms with van der Waals surface area (Å²) in [6.45, 7) is 2.80. The molecule has 1 aromatic carbocycles. The summed E-state index contributed by atoms with van der Waals surface area (Å²) in [4.78, 5) is 27.0. The zero-order chi connectivity index (χ0) is 19.8. The molecule has 1 N–H and O–H groups in total. The van der Waals surface area contributed by atoms with Crippen LogP contribution in [0.15, 0.2) is 35.1 Å². The van der Waals surface area contributed by atoms with Gasteiger partial charge in [-0.1, -0.05) is 6.42 Å². The van der Waals surface area contributed by atoms with Gasteiger partial charge < -0.3 is 19.7 Å². The fourth-order valence-electron chi connectivity index (χ4n) is 4.39. The number of fused-ring (bicyclic) bond motifs is 1. The van der Waals surface area contributed by atoms with Gasteiger partial charge in [0.2, 0.25) is 5.91 Å². The van der Waals surface area contributed by atoms with E-state index >= 15 is 0 Å². The molecule has 2 aromatic rings. The van der Waals surface area contributed by atoms with Crippen LogP contribution in [0, 0.1) is 5.41 Å². The predicted molar refractivity (Wildman–Crippen MR) is 108 cm³/mol. The molecule has 29 heavy (non-hydrogen) atoms. The number of anilines is 2. The maximum absolute atomic E-state index is 12.5. The number of ether oxygens (including phenoxy) is 2. The number of amides is 1. The van der Waals surface area contributed by atoms with Gasteiger partial charge in [-0.3, -0.25) is 9.59 Å². The molecule has 0 unspecified atom stereocenters. The molecule has 3 aliphatic rings. The fraction of sp³-hybridized carbons (Fsp3) is 0.476. The quantitative estimate of drug-likeness (QED) is 0.851. The number of nitrogens with one attached hydrogen (secondary N) is 1. The van der Waals surface area contributed by atoms with Crippen LogP contribution in [-0.4, -0.2) is 42.0 Å². The van der Waals surface area contributed by atoms with E-state index in [1.165, 1.54) is 36.4 Å². The van der Waals surface area contributed by atoms with Crippen molar-refractivity contribution in [3.8, 4) is 11.5 Å². The van der Waals surface area contributed by atoms with Gasteiger partial charge >= 0.3 is 0 Å². The molecule has 0 bridgehead atoms. The van der Waals surface area contributed by atoms with Crippen LogP contribution >= 0.6 is 0 Å². The Balaban J connectivity index is 1.27. The zero-order valence-electron chi connectivity index (χ0n) is 16.2. The molecule has 3 heterocycles. The van der Waals surface area contributed by atoms with Gasteiger partial charge in [0.1, 0.15) is 25.6 Å². The van der Waals surface area contributed by atoms with Crippen molar-refractivity contribution in [3.63, 3.8) is 0 Å². The van der Waals surface area contributed by atoms with Crippen molar-refractivity contribution in [2.45, 2.75) is 32.2 Å². The van der Waals surface area contributed by atoms with Crippen molar-refractivity contribution < 1.29 is 14.3 Å². The summed E-state index contributed by atoms with van der Waals surface area (Å²) in [6.07, 6.45) is 5.04. The van der Waals surface area contributed by atoms with Gasteiger partial charge in [-0.2, -0.15) is 5.10 Å². The number of carbonyl (C=O) groups excluding carboxylic acids is 1. The average molecular weight is 396 g/mol. The standard InChI is InChI=1S/C21H24N4O4/c26-19(22-15-2-3-16-17(12-15)29-11-10-28-16)13-25-20(27)5-4-18(23-25)24-9-8-21(14-24)6-1-7-21/h2-5,12H,1,6-11,13-14H2,(H,22,26). The van der Waals surface area contributed by atoms with Gasteiger partial charge in [0, 0.05) is 30.9 Å². The van der Waals surface area contributed by atoms with Crippen LogP contribution in [0.2, 0.25) is 0 Å². The molecule has 1 spiro atoms. The van der Waals surface area contributed by atoms with Gasteiger partial charge in [-0.15, -0.1) is 0 Å². The molecule has 1 saturated heterocycles. The highest BCUT2D eigenvalue weighted by Crippen LogP contribution is 2.48. The number of carbonyl (C=O) groups is 1. The van der Waals surface area contributed by atoms with E-state index in [-0.39, 0.29) is 18.0 Å². The van der Waals surface area contributed by atoms with Crippen molar-refractivity contribution >= 4 is 17.4 Å². The van der Waals surface area contributed by atoms with Crippen LogP contribution in [0.4, 0.5) is 11.5 Å². The van der Waals surface area contributed by atoms with E-state index in [1.807, 2.05) is 0 Å². The maximum atomic E-state index is 12.5. The smallest absolute Gasteiger partial charge is 0.267 e. The molecule has 8 nitrogen and oxygen atoms in total. The largest absolute Gasteiger partial charge is 0.486 e. The minimum absolute atomic E-state index is 0.139. The van der Waals surface area contributed by atoms with E-state index < -0.39 is 0 Å². The third kappa shape index (κ3) is 3.54. The molecule has 2 aliphatic heterocycles. The molecule has 0 atom stereocenters. The first-order valence-corrected chi connectivity index (χ1v) is 10.1.